The number of carboxylic acids is 1. The number of hydrogen-bond donors (Lipinski definition) is 2. The lowest BCUT2D eigenvalue weighted by atomic mass is 10.1. The van der Waals surface area contributed by atoms with Crippen molar-refractivity contribution in [2.75, 3.05) is 18.1 Å². The van der Waals surface area contributed by atoms with Crippen LogP contribution >= 0.6 is 0 Å². The van der Waals surface area contributed by atoms with Crippen LogP contribution in [0.2, 0.25) is 0 Å². The summed E-state index contributed by atoms with van der Waals surface area (Å²) < 4.78 is 11.4. The summed E-state index contributed by atoms with van der Waals surface area (Å²) in [4.78, 5) is 21.7. The van der Waals surface area contributed by atoms with Crippen LogP contribution in [-0.2, 0) is 26.8 Å². The van der Waals surface area contributed by atoms with E-state index < -0.39 is 16.8 Å². The summed E-state index contributed by atoms with van der Waals surface area (Å²) in [5, 5.41) is 11.1. The van der Waals surface area contributed by atoms with Gasteiger partial charge in [0.1, 0.15) is 5.75 Å². The van der Waals surface area contributed by atoms with E-state index >= 15 is 0 Å². The fraction of sp³-hybridized carbons (Fsp3) is 0.385. The highest BCUT2D eigenvalue weighted by atomic mass is 32.2. The molecule has 1 aromatic rings. The van der Waals surface area contributed by atoms with Gasteiger partial charge < -0.3 is 10.4 Å². The van der Waals surface area contributed by atoms with Gasteiger partial charge in [-0.1, -0.05) is 30.3 Å². The number of aliphatic carboxylic acids is 1. The van der Waals surface area contributed by atoms with E-state index in [4.69, 9.17) is 5.11 Å². The van der Waals surface area contributed by atoms with Crippen molar-refractivity contribution >= 4 is 22.7 Å². The van der Waals surface area contributed by atoms with Crippen LogP contribution in [0.3, 0.4) is 0 Å². The van der Waals surface area contributed by atoms with Crippen molar-refractivity contribution in [1.29, 1.82) is 0 Å². The predicted octanol–water partition coefficient (Wildman–Crippen LogP) is 0.569. The smallest absolute Gasteiger partial charge is 0.304 e. The highest BCUT2D eigenvalue weighted by Crippen LogP contribution is 1.98. The molecule has 0 saturated carbocycles. The third-order valence-corrected chi connectivity index (χ3v) is 3.66. The first-order valence-corrected chi connectivity index (χ1v) is 7.44. The fourth-order valence-electron chi connectivity index (χ4n) is 1.46. The van der Waals surface area contributed by atoms with Crippen LogP contribution in [0.25, 0.3) is 0 Å². The lowest BCUT2D eigenvalue weighted by Crippen LogP contribution is -2.30. The molecule has 0 aliphatic carbocycles. The average Bonchev–Trinajstić information content (AvgIpc) is 2.37. The Morgan fingerprint density at radius 3 is 2.53 bits per heavy atom. The molecule has 104 valence electrons. The number of carboxylic acid groups (broad SMARTS) is 1. The Bertz CT molecular complexity index is 447. The molecular formula is C13H17NO4S. The number of nitrogens with one attached hydrogen (secondary N) is 1. The van der Waals surface area contributed by atoms with Gasteiger partial charge >= 0.3 is 5.97 Å². The molecule has 19 heavy (non-hydrogen) atoms. The zero-order chi connectivity index (χ0) is 14.1. The summed E-state index contributed by atoms with van der Waals surface area (Å²) in [6.07, 6.45) is 0.540. The van der Waals surface area contributed by atoms with Gasteiger partial charge in [-0.05, 0) is 12.0 Å². The Morgan fingerprint density at radius 1 is 1.21 bits per heavy atom. The molecule has 0 spiro atoms. The second kappa shape index (κ2) is 8.42. The summed E-state index contributed by atoms with van der Waals surface area (Å²) >= 11 is 0. The van der Waals surface area contributed by atoms with Gasteiger partial charge in [0.05, 0.1) is 6.42 Å². The summed E-state index contributed by atoms with van der Waals surface area (Å²) in [6.45, 7) is 0.485. The van der Waals surface area contributed by atoms with Gasteiger partial charge in [-0.15, -0.1) is 0 Å². The van der Waals surface area contributed by atoms with E-state index in [1.165, 1.54) is 0 Å². The molecule has 0 heterocycles. The van der Waals surface area contributed by atoms with Crippen LogP contribution in [-0.4, -0.2) is 39.2 Å². The molecule has 0 bridgehead atoms. The molecular weight excluding hydrogens is 266 g/mol. The quantitative estimate of drug-likeness (QED) is 0.730. The molecule has 1 aromatic carbocycles. The number of rotatable bonds is 8. The van der Waals surface area contributed by atoms with Gasteiger partial charge in [-0.25, -0.2) is 0 Å². The summed E-state index contributed by atoms with van der Waals surface area (Å²) in [5.74, 6) is -1.43. The predicted molar refractivity (Wildman–Crippen MR) is 73.3 cm³/mol. The van der Waals surface area contributed by atoms with Crippen LogP contribution in [0.15, 0.2) is 30.3 Å². The van der Waals surface area contributed by atoms with Crippen LogP contribution in [0, 0.1) is 0 Å². The minimum Gasteiger partial charge on any atom is -0.481 e. The van der Waals surface area contributed by atoms with Crippen LogP contribution in [0.1, 0.15) is 12.0 Å². The maximum Gasteiger partial charge on any atom is 0.304 e. The van der Waals surface area contributed by atoms with Crippen LogP contribution in [0.4, 0.5) is 0 Å². The topological polar surface area (TPSA) is 83.5 Å². The number of hydrogen-bond acceptors (Lipinski definition) is 3. The van der Waals surface area contributed by atoms with Gasteiger partial charge in [0.25, 0.3) is 0 Å². The van der Waals surface area contributed by atoms with Gasteiger partial charge in [0.2, 0.25) is 5.91 Å². The average molecular weight is 283 g/mol. The number of benzene rings is 1. The van der Waals surface area contributed by atoms with E-state index in [2.05, 4.69) is 5.32 Å². The summed E-state index contributed by atoms with van der Waals surface area (Å²) in [7, 11) is -1.41. The Kier molecular flexibility index (Phi) is 6.81. The normalized spacial score (nSPS) is 11.8. The first kappa shape index (κ1) is 15.4. The number of carbonyl (C=O) groups excluding carboxylic acids is 1. The SMILES string of the molecule is O=C(O)CCS(=O)CC(=O)NCCc1ccccc1. The Labute approximate surface area is 114 Å². The number of amides is 1. The van der Waals surface area contributed by atoms with Crippen LogP contribution in [0.5, 0.6) is 0 Å². The van der Waals surface area contributed by atoms with Crippen molar-refractivity contribution in [1.82, 2.24) is 5.32 Å². The minimum absolute atomic E-state index is 0.0153. The standard InChI is InChI=1S/C13H17NO4S/c15-12(10-19(18)9-7-13(16)17)14-8-6-11-4-2-1-3-5-11/h1-5H,6-10H2,(H,14,15)(H,16,17). The van der Waals surface area contributed by atoms with Gasteiger partial charge in [0.15, 0.2) is 0 Å². The third kappa shape index (κ3) is 7.35. The molecule has 0 aliphatic heterocycles. The van der Waals surface area contributed by atoms with Crippen molar-refractivity contribution in [2.45, 2.75) is 12.8 Å². The molecule has 1 rings (SSSR count). The molecule has 0 fully saturated rings. The molecule has 1 atom stereocenters. The first-order chi connectivity index (χ1) is 9.08. The molecule has 2 N–H and O–H groups in total. The van der Waals surface area contributed by atoms with E-state index in [1.54, 1.807) is 0 Å². The van der Waals surface area contributed by atoms with Gasteiger partial charge in [-0.3, -0.25) is 13.8 Å². The second-order valence-corrected chi connectivity index (χ2v) is 5.59. The Hall–Kier alpha value is -1.69. The molecule has 0 saturated heterocycles. The zero-order valence-corrected chi connectivity index (χ0v) is 11.3. The minimum atomic E-state index is -1.41. The fourth-order valence-corrected chi connectivity index (χ4v) is 2.40. The monoisotopic (exact) mass is 283 g/mol. The van der Waals surface area contributed by atoms with Crippen molar-refractivity contribution in [3.05, 3.63) is 35.9 Å². The van der Waals surface area contributed by atoms with Crippen LogP contribution < -0.4 is 5.32 Å². The maximum absolute atomic E-state index is 11.4. The molecule has 0 aliphatic rings. The van der Waals surface area contributed by atoms with Crippen molar-refractivity contribution in [2.24, 2.45) is 0 Å². The van der Waals surface area contributed by atoms with E-state index in [1.807, 2.05) is 30.3 Å². The van der Waals surface area contributed by atoms with E-state index in [9.17, 15) is 13.8 Å². The molecule has 1 amide bonds. The number of carbonyl (C=O) groups is 2. The van der Waals surface area contributed by atoms with Crippen molar-refractivity contribution in [3.8, 4) is 0 Å². The molecule has 0 aromatic heterocycles. The lowest BCUT2D eigenvalue weighted by molar-refractivity contribution is -0.136. The third-order valence-electron chi connectivity index (χ3n) is 2.41. The van der Waals surface area contributed by atoms with E-state index in [-0.39, 0.29) is 23.8 Å². The summed E-state index contributed by atoms with van der Waals surface area (Å²) in [6, 6.07) is 9.72. The lowest BCUT2D eigenvalue weighted by Gasteiger charge is -2.05. The Balaban J connectivity index is 2.17. The first-order valence-electron chi connectivity index (χ1n) is 5.95. The molecule has 5 nitrogen and oxygen atoms in total. The highest BCUT2D eigenvalue weighted by molar-refractivity contribution is 7.85. The molecule has 1 unspecified atom stereocenters. The zero-order valence-electron chi connectivity index (χ0n) is 10.5. The maximum atomic E-state index is 11.4. The molecule has 0 radical (unpaired) electrons. The summed E-state index contributed by atoms with van der Waals surface area (Å²) in [5.41, 5.74) is 1.12. The van der Waals surface area contributed by atoms with Crippen molar-refractivity contribution in [3.63, 3.8) is 0 Å². The molecule has 6 heteroatoms. The highest BCUT2D eigenvalue weighted by Gasteiger charge is 2.09. The van der Waals surface area contributed by atoms with Gasteiger partial charge in [-0.2, -0.15) is 0 Å². The second-order valence-electron chi connectivity index (χ2n) is 4.02. The van der Waals surface area contributed by atoms with Gasteiger partial charge in [0, 0.05) is 23.1 Å². The van der Waals surface area contributed by atoms with Crippen molar-refractivity contribution < 1.29 is 18.9 Å². The largest absolute Gasteiger partial charge is 0.481 e. The Morgan fingerprint density at radius 2 is 1.89 bits per heavy atom. The van der Waals surface area contributed by atoms with E-state index in [0.717, 1.165) is 5.56 Å². The van der Waals surface area contributed by atoms with E-state index in [0.29, 0.717) is 13.0 Å².